The minimum absolute atomic E-state index is 0.110. The Bertz CT molecular complexity index is 491. The molecule has 3 rings (SSSR count). The average Bonchev–Trinajstić information content (AvgIpc) is 3.44. The third-order valence-corrected chi connectivity index (χ3v) is 5.70. The van der Waals surface area contributed by atoms with Crippen LogP contribution in [-0.4, -0.2) is 37.4 Å². The van der Waals surface area contributed by atoms with Crippen molar-refractivity contribution in [1.29, 1.82) is 5.41 Å². The van der Waals surface area contributed by atoms with Crippen molar-refractivity contribution in [1.82, 2.24) is 10.6 Å². The van der Waals surface area contributed by atoms with Crippen LogP contribution >= 0.6 is 0 Å². The summed E-state index contributed by atoms with van der Waals surface area (Å²) < 4.78 is 5.37. The number of rotatable bonds is 8. The Labute approximate surface area is 145 Å². The van der Waals surface area contributed by atoms with Gasteiger partial charge in [0.1, 0.15) is 0 Å². The van der Waals surface area contributed by atoms with Crippen molar-refractivity contribution in [3.05, 3.63) is 11.3 Å². The van der Waals surface area contributed by atoms with Crippen LogP contribution in [0.3, 0.4) is 0 Å². The lowest BCUT2D eigenvalue weighted by Gasteiger charge is -2.27. The van der Waals surface area contributed by atoms with E-state index in [-0.39, 0.29) is 11.9 Å². The number of carbonyl (C=O) groups is 1. The van der Waals surface area contributed by atoms with Crippen molar-refractivity contribution in [3.63, 3.8) is 0 Å². The molecule has 0 bridgehead atoms. The first-order chi connectivity index (χ1) is 11.6. The minimum Gasteiger partial charge on any atom is -0.385 e. The van der Waals surface area contributed by atoms with E-state index >= 15 is 0 Å². The van der Waals surface area contributed by atoms with Crippen LogP contribution in [0.15, 0.2) is 11.3 Å². The third kappa shape index (κ3) is 4.38. The standard InChI is InChI=1S/C19H31N3O2/c1-12(21-16-7-9-24-10-8-16)17(11-20)19(23)22-13(2)18(14-3-4-14)15-5-6-15/h11,13-16,18,20-21H,3-10H2,1-2H3,(H,22,23)/b17-12+,20-11?. The molecule has 5 heteroatoms. The molecular formula is C19H31N3O2. The van der Waals surface area contributed by atoms with E-state index in [0.717, 1.165) is 43.6 Å². The zero-order valence-electron chi connectivity index (χ0n) is 14.9. The first-order valence-corrected chi connectivity index (χ1v) is 9.46. The molecule has 5 nitrogen and oxygen atoms in total. The van der Waals surface area contributed by atoms with E-state index < -0.39 is 0 Å². The van der Waals surface area contributed by atoms with E-state index in [0.29, 0.717) is 17.5 Å². The Hall–Kier alpha value is -1.36. The molecule has 1 aliphatic heterocycles. The monoisotopic (exact) mass is 333 g/mol. The van der Waals surface area contributed by atoms with Crippen LogP contribution in [-0.2, 0) is 9.53 Å². The summed E-state index contributed by atoms with van der Waals surface area (Å²) in [5.41, 5.74) is 1.26. The van der Waals surface area contributed by atoms with Gasteiger partial charge in [-0.3, -0.25) is 4.79 Å². The SMILES string of the molecule is C/C(NC1CCOCC1)=C(/C=N)C(=O)NC(C)C(C1CC1)C1CC1. The molecule has 0 aromatic carbocycles. The molecule has 1 amide bonds. The molecular weight excluding hydrogens is 302 g/mol. The average molecular weight is 333 g/mol. The van der Waals surface area contributed by atoms with Crippen molar-refractivity contribution in [2.75, 3.05) is 13.2 Å². The van der Waals surface area contributed by atoms with E-state index in [9.17, 15) is 4.79 Å². The van der Waals surface area contributed by atoms with Crippen molar-refractivity contribution >= 4 is 12.1 Å². The summed E-state index contributed by atoms with van der Waals surface area (Å²) in [6.45, 7) is 5.57. The lowest BCUT2D eigenvalue weighted by Crippen LogP contribution is -2.42. The highest BCUT2D eigenvalue weighted by Gasteiger charge is 2.44. The zero-order chi connectivity index (χ0) is 17.1. The van der Waals surface area contributed by atoms with Gasteiger partial charge in [-0.15, -0.1) is 0 Å². The first kappa shape index (κ1) is 17.5. The summed E-state index contributed by atoms with van der Waals surface area (Å²) in [4.78, 5) is 12.7. The molecule has 0 radical (unpaired) electrons. The van der Waals surface area contributed by atoms with Crippen LogP contribution in [0.5, 0.6) is 0 Å². The van der Waals surface area contributed by atoms with Gasteiger partial charge in [0.15, 0.2) is 0 Å². The van der Waals surface area contributed by atoms with Crippen LogP contribution in [0.1, 0.15) is 52.4 Å². The molecule has 1 unspecified atom stereocenters. The second kappa shape index (κ2) is 7.68. The maximum Gasteiger partial charge on any atom is 0.254 e. The molecule has 24 heavy (non-hydrogen) atoms. The number of allylic oxidation sites excluding steroid dienone is 1. The molecule has 1 atom stereocenters. The van der Waals surface area contributed by atoms with Crippen molar-refractivity contribution in [2.24, 2.45) is 17.8 Å². The Balaban J connectivity index is 1.59. The molecule has 3 N–H and O–H groups in total. The van der Waals surface area contributed by atoms with E-state index in [1.807, 2.05) is 6.92 Å². The van der Waals surface area contributed by atoms with Crippen molar-refractivity contribution in [3.8, 4) is 0 Å². The highest BCUT2D eigenvalue weighted by molar-refractivity contribution is 6.12. The topological polar surface area (TPSA) is 74.2 Å². The van der Waals surface area contributed by atoms with Crippen molar-refractivity contribution < 1.29 is 9.53 Å². The van der Waals surface area contributed by atoms with Gasteiger partial charge in [0, 0.05) is 37.2 Å². The predicted octanol–water partition coefficient (Wildman–Crippen LogP) is 2.62. The van der Waals surface area contributed by atoms with Gasteiger partial charge >= 0.3 is 0 Å². The molecule has 0 spiro atoms. The quantitative estimate of drug-likeness (QED) is 0.472. The number of ether oxygens (including phenoxy) is 1. The van der Waals surface area contributed by atoms with Gasteiger partial charge in [-0.1, -0.05) is 0 Å². The Kier molecular flexibility index (Phi) is 5.59. The lowest BCUT2D eigenvalue weighted by atomic mass is 9.90. The fourth-order valence-corrected chi connectivity index (χ4v) is 4.11. The Morgan fingerprint density at radius 2 is 1.71 bits per heavy atom. The summed E-state index contributed by atoms with van der Waals surface area (Å²) in [5, 5.41) is 14.3. The second-order valence-corrected chi connectivity index (χ2v) is 7.73. The summed E-state index contributed by atoms with van der Waals surface area (Å²) >= 11 is 0. The van der Waals surface area contributed by atoms with Gasteiger partial charge in [-0.05, 0) is 70.1 Å². The zero-order valence-corrected chi connectivity index (χ0v) is 14.9. The van der Waals surface area contributed by atoms with Gasteiger partial charge in [-0.25, -0.2) is 0 Å². The van der Waals surface area contributed by atoms with Crippen LogP contribution < -0.4 is 10.6 Å². The van der Waals surface area contributed by atoms with E-state index in [1.54, 1.807) is 0 Å². The molecule has 0 aromatic rings. The molecule has 2 saturated carbocycles. The smallest absolute Gasteiger partial charge is 0.254 e. The van der Waals surface area contributed by atoms with Crippen LogP contribution in [0, 0.1) is 23.2 Å². The van der Waals surface area contributed by atoms with Crippen LogP contribution in [0.4, 0.5) is 0 Å². The first-order valence-electron chi connectivity index (χ1n) is 9.46. The normalized spacial score (nSPS) is 24.3. The lowest BCUT2D eigenvalue weighted by molar-refractivity contribution is -0.118. The molecule has 0 aromatic heterocycles. The Morgan fingerprint density at radius 1 is 1.12 bits per heavy atom. The maximum absolute atomic E-state index is 12.7. The Morgan fingerprint density at radius 3 is 2.21 bits per heavy atom. The van der Waals surface area contributed by atoms with Crippen LogP contribution in [0.2, 0.25) is 0 Å². The summed E-state index contributed by atoms with van der Waals surface area (Å²) in [6, 6.07) is 0.535. The summed E-state index contributed by atoms with van der Waals surface area (Å²) in [5.74, 6) is 2.13. The minimum atomic E-state index is -0.110. The number of amides is 1. The highest BCUT2D eigenvalue weighted by atomic mass is 16.5. The third-order valence-electron chi connectivity index (χ3n) is 5.70. The number of hydrogen-bond donors (Lipinski definition) is 3. The molecule has 3 aliphatic rings. The van der Waals surface area contributed by atoms with E-state index in [1.165, 1.54) is 31.9 Å². The van der Waals surface area contributed by atoms with Gasteiger partial charge in [0.05, 0.1) is 5.57 Å². The fraction of sp³-hybridized carbons (Fsp3) is 0.789. The number of nitrogens with one attached hydrogen (secondary N) is 3. The number of carbonyl (C=O) groups excluding carboxylic acids is 1. The van der Waals surface area contributed by atoms with Crippen LogP contribution in [0.25, 0.3) is 0 Å². The highest BCUT2D eigenvalue weighted by Crippen LogP contribution is 2.50. The molecule has 3 fully saturated rings. The maximum atomic E-state index is 12.7. The molecule has 1 saturated heterocycles. The number of hydrogen-bond acceptors (Lipinski definition) is 4. The molecule has 2 aliphatic carbocycles. The van der Waals surface area contributed by atoms with E-state index in [4.69, 9.17) is 10.1 Å². The summed E-state index contributed by atoms with van der Waals surface area (Å²) in [6.07, 6.45) is 8.36. The molecule has 134 valence electrons. The largest absolute Gasteiger partial charge is 0.385 e. The molecule has 1 heterocycles. The second-order valence-electron chi connectivity index (χ2n) is 7.73. The van der Waals surface area contributed by atoms with E-state index in [2.05, 4.69) is 17.6 Å². The fourth-order valence-electron chi connectivity index (χ4n) is 4.11. The summed E-state index contributed by atoms with van der Waals surface area (Å²) in [7, 11) is 0. The predicted molar refractivity (Wildman–Crippen MR) is 95.0 cm³/mol. The van der Waals surface area contributed by atoms with Gasteiger partial charge in [0.2, 0.25) is 0 Å². The van der Waals surface area contributed by atoms with Crippen molar-refractivity contribution in [2.45, 2.75) is 64.5 Å². The van der Waals surface area contributed by atoms with Gasteiger partial charge in [-0.2, -0.15) is 0 Å². The van der Waals surface area contributed by atoms with Gasteiger partial charge in [0.25, 0.3) is 5.91 Å². The van der Waals surface area contributed by atoms with Gasteiger partial charge < -0.3 is 20.8 Å².